The summed E-state index contributed by atoms with van der Waals surface area (Å²) in [5.74, 6) is 1.94. The van der Waals surface area contributed by atoms with Gasteiger partial charge in [-0.2, -0.15) is 0 Å². The van der Waals surface area contributed by atoms with E-state index in [9.17, 15) is 5.11 Å². The van der Waals surface area contributed by atoms with Crippen LogP contribution in [0.5, 0.6) is 0 Å². The highest BCUT2D eigenvalue weighted by molar-refractivity contribution is 5.10. The van der Waals surface area contributed by atoms with Gasteiger partial charge in [0.1, 0.15) is 0 Å². The summed E-state index contributed by atoms with van der Waals surface area (Å²) >= 11 is 0. The fourth-order valence-corrected chi connectivity index (χ4v) is 2.59. The minimum Gasteiger partial charge on any atom is -0.472 e. The van der Waals surface area contributed by atoms with E-state index >= 15 is 0 Å². The molecule has 1 heterocycles. The van der Waals surface area contributed by atoms with Gasteiger partial charge in [0, 0.05) is 5.56 Å². The molecule has 0 saturated heterocycles. The molecule has 2 rings (SSSR count). The number of rotatable bonds is 2. The molecule has 1 aliphatic rings. The lowest BCUT2D eigenvalue weighted by Gasteiger charge is -2.34. The molecular weight excluding hydrogens is 188 g/mol. The molecule has 1 fully saturated rings. The Hall–Kier alpha value is -0.760. The van der Waals surface area contributed by atoms with Gasteiger partial charge in [-0.15, -0.1) is 0 Å². The van der Waals surface area contributed by atoms with Gasteiger partial charge in [0.25, 0.3) is 0 Å². The number of furan rings is 1. The van der Waals surface area contributed by atoms with E-state index in [0.29, 0.717) is 5.92 Å². The van der Waals surface area contributed by atoms with Crippen molar-refractivity contribution in [2.24, 2.45) is 17.8 Å². The van der Waals surface area contributed by atoms with E-state index in [2.05, 4.69) is 13.8 Å². The summed E-state index contributed by atoms with van der Waals surface area (Å²) < 4.78 is 5.01. The summed E-state index contributed by atoms with van der Waals surface area (Å²) in [6.07, 6.45) is 6.46. The summed E-state index contributed by atoms with van der Waals surface area (Å²) in [5.41, 5.74) is 0.932. The van der Waals surface area contributed by atoms with Crippen LogP contribution >= 0.6 is 0 Å². The quantitative estimate of drug-likeness (QED) is 0.808. The molecule has 0 radical (unpaired) electrons. The maximum Gasteiger partial charge on any atom is 0.0960 e. The van der Waals surface area contributed by atoms with Gasteiger partial charge in [-0.05, 0) is 36.7 Å². The minimum atomic E-state index is -0.335. The van der Waals surface area contributed by atoms with Crippen molar-refractivity contribution in [2.75, 3.05) is 0 Å². The third-order valence-corrected chi connectivity index (χ3v) is 3.97. The fourth-order valence-electron chi connectivity index (χ4n) is 2.59. The molecule has 84 valence electrons. The molecule has 4 atom stereocenters. The predicted molar refractivity (Wildman–Crippen MR) is 59.3 cm³/mol. The largest absolute Gasteiger partial charge is 0.472 e. The normalized spacial score (nSPS) is 33.9. The van der Waals surface area contributed by atoms with E-state index in [0.717, 1.165) is 30.2 Å². The van der Waals surface area contributed by atoms with E-state index in [1.54, 1.807) is 12.5 Å². The van der Waals surface area contributed by atoms with Crippen LogP contribution in [-0.2, 0) is 0 Å². The van der Waals surface area contributed by atoms with Crippen LogP contribution in [-0.4, -0.2) is 5.11 Å². The highest BCUT2D eigenvalue weighted by Crippen LogP contribution is 2.39. The molecule has 0 bridgehead atoms. The van der Waals surface area contributed by atoms with Crippen molar-refractivity contribution in [1.29, 1.82) is 0 Å². The van der Waals surface area contributed by atoms with E-state index in [1.165, 1.54) is 6.42 Å². The van der Waals surface area contributed by atoms with Crippen molar-refractivity contribution >= 4 is 0 Å². The standard InChI is InChI=1S/C13H20O2/c1-9-3-4-11(7-10(9)2)13(14)12-5-6-15-8-12/h5-6,8-11,13-14H,3-4,7H2,1-2H3. The molecule has 1 aromatic rings. The Morgan fingerprint density at radius 3 is 2.73 bits per heavy atom. The zero-order chi connectivity index (χ0) is 10.8. The summed E-state index contributed by atoms with van der Waals surface area (Å²) in [5, 5.41) is 10.2. The van der Waals surface area contributed by atoms with Crippen molar-refractivity contribution in [1.82, 2.24) is 0 Å². The smallest absolute Gasteiger partial charge is 0.0960 e. The van der Waals surface area contributed by atoms with E-state index < -0.39 is 0 Å². The van der Waals surface area contributed by atoms with Gasteiger partial charge in [0.05, 0.1) is 18.6 Å². The third kappa shape index (κ3) is 2.25. The van der Waals surface area contributed by atoms with Crippen LogP contribution in [0, 0.1) is 17.8 Å². The second-order valence-corrected chi connectivity index (χ2v) is 5.03. The molecule has 0 amide bonds. The zero-order valence-electron chi connectivity index (χ0n) is 9.52. The van der Waals surface area contributed by atoms with Crippen molar-refractivity contribution < 1.29 is 9.52 Å². The highest BCUT2D eigenvalue weighted by Gasteiger charge is 2.30. The van der Waals surface area contributed by atoms with Crippen molar-refractivity contribution in [3.63, 3.8) is 0 Å². The Labute approximate surface area is 91.3 Å². The van der Waals surface area contributed by atoms with E-state index in [4.69, 9.17) is 4.42 Å². The molecule has 1 N–H and O–H groups in total. The molecule has 2 heteroatoms. The first-order valence-corrected chi connectivity index (χ1v) is 5.88. The summed E-state index contributed by atoms with van der Waals surface area (Å²) in [6, 6.07) is 1.87. The second-order valence-electron chi connectivity index (χ2n) is 5.03. The molecular formula is C13H20O2. The molecule has 4 unspecified atom stereocenters. The lowest BCUT2D eigenvalue weighted by atomic mass is 9.73. The van der Waals surface area contributed by atoms with E-state index in [1.807, 2.05) is 6.07 Å². The summed E-state index contributed by atoms with van der Waals surface area (Å²) in [4.78, 5) is 0. The van der Waals surface area contributed by atoms with Crippen LogP contribution in [0.4, 0.5) is 0 Å². The third-order valence-electron chi connectivity index (χ3n) is 3.97. The van der Waals surface area contributed by atoms with Crippen LogP contribution < -0.4 is 0 Å². The fraction of sp³-hybridized carbons (Fsp3) is 0.692. The van der Waals surface area contributed by atoms with Gasteiger partial charge in [0.15, 0.2) is 0 Å². The van der Waals surface area contributed by atoms with Gasteiger partial charge >= 0.3 is 0 Å². The number of aliphatic hydroxyl groups is 1. The highest BCUT2D eigenvalue weighted by atomic mass is 16.3. The number of hydrogen-bond donors (Lipinski definition) is 1. The Bertz CT molecular complexity index is 291. The Morgan fingerprint density at radius 2 is 2.13 bits per heavy atom. The molecule has 0 aromatic carbocycles. The van der Waals surface area contributed by atoms with E-state index in [-0.39, 0.29) is 6.10 Å². The Morgan fingerprint density at radius 1 is 1.33 bits per heavy atom. The summed E-state index contributed by atoms with van der Waals surface area (Å²) in [6.45, 7) is 4.60. The van der Waals surface area contributed by atoms with Gasteiger partial charge in [-0.1, -0.05) is 20.3 Å². The lowest BCUT2D eigenvalue weighted by Crippen LogP contribution is -2.25. The molecule has 15 heavy (non-hydrogen) atoms. The van der Waals surface area contributed by atoms with Crippen LogP contribution in [0.25, 0.3) is 0 Å². The van der Waals surface area contributed by atoms with Gasteiger partial charge in [-0.25, -0.2) is 0 Å². The molecule has 1 saturated carbocycles. The van der Waals surface area contributed by atoms with Crippen LogP contribution in [0.2, 0.25) is 0 Å². The second kappa shape index (κ2) is 4.40. The maximum atomic E-state index is 10.2. The van der Waals surface area contributed by atoms with Crippen molar-refractivity contribution in [3.05, 3.63) is 24.2 Å². The van der Waals surface area contributed by atoms with Crippen molar-refractivity contribution in [2.45, 2.75) is 39.2 Å². The number of hydrogen-bond acceptors (Lipinski definition) is 2. The monoisotopic (exact) mass is 208 g/mol. The summed E-state index contributed by atoms with van der Waals surface area (Å²) in [7, 11) is 0. The Balaban J connectivity index is 2.00. The minimum absolute atomic E-state index is 0.335. The van der Waals surface area contributed by atoms with Crippen molar-refractivity contribution in [3.8, 4) is 0 Å². The average molecular weight is 208 g/mol. The predicted octanol–water partition coefficient (Wildman–Crippen LogP) is 3.39. The average Bonchev–Trinajstić information content (AvgIpc) is 2.74. The van der Waals surface area contributed by atoms with Gasteiger partial charge in [0.2, 0.25) is 0 Å². The topological polar surface area (TPSA) is 33.4 Å². The van der Waals surface area contributed by atoms with Gasteiger partial charge in [-0.3, -0.25) is 0 Å². The Kier molecular flexibility index (Phi) is 3.15. The number of aliphatic hydroxyl groups excluding tert-OH is 1. The van der Waals surface area contributed by atoms with Crippen LogP contribution in [0.15, 0.2) is 23.0 Å². The first kappa shape index (κ1) is 10.7. The molecule has 1 aliphatic carbocycles. The lowest BCUT2D eigenvalue weighted by molar-refractivity contribution is 0.0557. The molecule has 1 aromatic heterocycles. The molecule has 2 nitrogen and oxygen atoms in total. The zero-order valence-corrected chi connectivity index (χ0v) is 9.52. The van der Waals surface area contributed by atoms with Crippen LogP contribution in [0.1, 0.15) is 44.8 Å². The maximum absolute atomic E-state index is 10.2. The van der Waals surface area contributed by atoms with Crippen LogP contribution in [0.3, 0.4) is 0 Å². The SMILES string of the molecule is CC1CCC(C(O)c2ccoc2)CC1C. The van der Waals surface area contributed by atoms with Gasteiger partial charge < -0.3 is 9.52 Å². The first-order valence-electron chi connectivity index (χ1n) is 5.88. The molecule has 0 spiro atoms. The first-order chi connectivity index (χ1) is 7.18. The molecule has 0 aliphatic heterocycles.